The van der Waals surface area contributed by atoms with Gasteiger partial charge in [-0.05, 0) is 48.4 Å². The molecule has 0 fully saturated rings. The summed E-state index contributed by atoms with van der Waals surface area (Å²) in [6, 6.07) is 16.8. The number of benzene rings is 3. The standard InChI is InChI=1S/C29H31ClF3N3O5S/c1-4-34-28(38)26(16-20-9-6-5-7-10-20)35(18-21-11-8-12-23(15-21)41-2)27(37)19-36(42(3,39)40)25-17-22(29(31,32)33)13-14-24(25)30/h5-15,17,26H,4,16,18-19H2,1-3H3,(H,34,38)/t26-/m0/s1. The maximum absolute atomic E-state index is 14.0. The highest BCUT2D eigenvalue weighted by molar-refractivity contribution is 7.92. The fourth-order valence-electron chi connectivity index (χ4n) is 4.29. The first-order valence-corrected chi connectivity index (χ1v) is 15.1. The number of ether oxygens (including phenoxy) is 1. The molecule has 42 heavy (non-hydrogen) atoms. The summed E-state index contributed by atoms with van der Waals surface area (Å²) in [7, 11) is -2.85. The molecule has 0 aliphatic rings. The molecular formula is C29H31ClF3N3O5S. The predicted molar refractivity (Wildman–Crippen MR) is 155 cm³/mol. The zero-order valence-electron chi connectivity index (χ0n) is 23.2. The Morgan fingerprint density at radius 2 is 1.67 bits per heavy atom. The maximum atomic E-state index is 14.0. The van der Waals surface area contributed by atoms with Gasteiger partial charge in [0.1, 0.15) is 18.3 Å². The van der Waals surface area contributed by atoms with E-state index in [0.717, 1.165) is 17.9 Å². The molecule has 2 amide bonds. The Kier molecular flexibility index (Phi) is 10.9. The Labute approximate surface area is 248 Å². The van der Waals surface area contributed by atoms with Crippen molar-refractivity contribution in [2.24, 2.45) is 0 Å². The third-order valence-electron chi connectivity index (χ3n) is 6.33. The highest BCUT2D eigenvalue weighted by atomic mass is 35.5. The molecule has 0 saturated carbocycles. The number of nitrogens with zero attached hydrogens (tertiary/aromatic N) is 2. The smallest absolute Gasteiger partial charge is 0.416 e. The van der Waals surface area contributed by atoms with Gasteiger partial charge in [0.2, 0.25) is 21.8 Å². The van der Waals surface area contributed by atoms with Gasteiger partial charge in [0, 0.05) is 19.5 Å². The molecule has 0 bridgehead atoms. The number of halogens is 4. The summed E-state index contributed by atoms with van der Waals surface area (Å²) in [6.07, 6.45) is -3.94. The molecular weight excluding hydrogens is 595 g/mol. The molecule has 8 nitrogen and oxygen atoms in total. The summed E-state index contributed by atoms with van der Waals surface area (Å²) in [5.74, 6) is -0.824. The lowest BCUT2D eigenvalue weighted by Crippen LogP contribution is -2.53. The van der Waals surface area contributed by atoms with Gasteiger partial charge < -0.3 is 15.0 Å². The van der Waals surface area contributed by atoms with Gasteiger partial charge in [-0.3, -0.25) is 13.9 Å². The zero-order chi connectivity index (χ0) is 31.1. The van der Waals surface area contributed by atoms with Crippen molar-refractivity contribution in [3.05, 3.63) is 94.5 Å². The van der Waals surface area contributed by atoms with E-state index in [9.17, 15) is 31.2 Å². The second kappa shape index (κ2) is 13.9. The van der Waals surface area contributed by atoms with Crippen LogP contribution in [0.5, 0.6) is 5.75 Å². The number of amides is 2. The van der Waals surface area contributed by atoms with E-state index in [1.54, 1.807) is 61.5 Å². The van der Waals surface area contributed by atoms with E-state index in [0.29, 0.717) is 27.8 Å². The Morgan fingerprint density at radius 1 is 1.00 bits per heavy atom. The van der Waals surface area contributed by atoms with Crippen LogP contribution in [0, 0.1) is 0 Å². The van der Waals surface area contributed by atoms with Gasteiger partial charge in [-0.15, -0.1) is 0 Å². The van der Waals surface area contributed by atoms with Crippen molar-refractivity contribution < 1.29 is 35.9 Å². The molecule has 0 aromatic heterocycles. The van der Waals surface area contributed by atoms with Crippen LogP contribution in [-0.4, -0.2) is 57.6 Å². The lowest BCUT2D eigenvalue weighted by atomic mass is 10.0. The average Bonchev–Trinajstić information content (AvgIpc) is 2.93. The van der Waals surface area contributed by atoms with Gasteiger partial charge in [-0.25, -0.2) is 8.42 Å². The number of methoxy groups -OCH3 is 1. The molecule has 1 atom stereocenters. The van der Waals surface area contributed by atoms with E-state index in [4.69, 9.17) is 16.3 Å². The molecule has 0 spiro atoms. The van der Waals surface area contributed by atoms with Crippen LogP contribution in [-0.2, 0) is 38.8 Å². The van der Waals surface area contributed by atoms with Gasteiger partial charge in [-0.2, -0.15) is 13.2 Å². The van der Waals surface area contributed by atoms with E-state index in [-0.39, 0.29) is 24.5 Å². The molecule has 3 rings (SSSR count). The molecule has 0 aliphatic carbocycles. The minimum Gasteiger partial charge on any atom is -0.497 e. The zero-order valence-corrected chi connectivity index (χ0v) is 24.8. The van der Waals surface area contributed by atoms with Gasteiger partial charge in [0.25, 0.3) is 0 Å². The average molecular weight is 626 g/mol. The van der Waals surface area contributed by atoms with Crippen LogP contribution in [0.15, 0.2) is 72.8 Å². The monoisotopic (exact) mass is 625 g/mol. The molecule has 0 aliphatic heterocycles. The number of nitrogens with one attached hydrogen (secondary N) is 1. The van der Waals surface area contributed by atoms with Crippen molar-refractivity contribution >= 4 is 39.1 Å². The fraction of sp³-hybridized carbons (Fsp3) is 0.310. The van der Waals surface area contributed by atoms with Gasteiger partial charge >= 0.3 is 6.18 Å². The molecule has 0 heterocycles. The molecule has 3 aromatic rings. The van der Waals surface area contributed by atoms with E-state index >= 15 is 0 Å². The molecule has 13 heteroatoms. The Bertz CT molecular complexity index is 1500. The number of sulfonamides is 1. The first-order valence-electron chi connectivity index (χ1n) is 12.8. The van der Waals surface area contributed by atoms with Crippen LogP contribution < -0.4 is 14.4 Å². The molecule has 226 valence electrons. The van der Waals surface area contributed by atoms with Crippen molar-refractivity contribution in [1.29, 1.82) is 0 Å². The number of alkyl halides is 3. The Morgan fingerprint density at radius 3 is 2.26 bits per heavy atom. The highest BCUT2D eigenvalue weighted by Gasteiger charge is 2.35. The van der Waals surface area contributed by atoms with Gasteiger partial charge in [-0.1, -0.05) is 54.1 Å². The number of hydrogen-bond donors (Lipinski definition) is 1. The van der Waals surface area contributed by atoms with E-state index in [1.165, 1.54) is 12.0 Å². The third kappa shape index (κ3) is 8.62. The normalized spacial score (nSPS) is 12.4. The molecule has 0 radical (unpaired) electrons. The van der Waals surface area contributed by atoms with Crippen molar-refractivity contribution in [2.45, 2.75) is 32.1 Å². The molecule has 1 N–H and O–H groups in total. The lowest BCUT2D eigenvalue weighted by molar-refractivity contribution is -0.140. The predicted octanol–water partition coefficient (Wildman–Crippen LogP) is 4.91. The number of hydrogen-bond acceptors (Lipinski definition) is 5. The largest absolute Gasteiger partial charge is 0.497 e. The van der Waals surface area contributed by atoms with Crippen molar-refractivity contribution in [1.82, 2.24) is 10.2 Å². The Hall–Kier alpha value is -3.77. The summed E-state index contributed by atoms with van der Waals surface area (Å²) in [4.78, 5) is 28.6. The SMILES string of the molecule is CCNC(=O)[C@H](Cc1ccccc1)N(Cc1cccc(OC)c1)C(=O)CN(c1cc(C(F)(F)F)ccc1Cl)S(C)(=O)=O. The lowest BCUT2D eigenvalue weighted by Gasteiger charge is -2.33. The van der Waals surface area contributed by atoms with Crippen LogP contribution in [0.2, 0.25) is 5.02 Å². The summed E-state index contributed by atoms with van der Waals surface area (Å²) in [5, 5.41) is 2.42. The maximum Gasteiger partial charge on any atom is 0.416 e. The first kappa shape index (κ1) is 32.7. The number of carbonyl (C=O) groups excluding carboxylic acids is 2. The summed E-state index contributed by atoms with van der Waals surface area (Å²) in [6.45, 7) is 0.945. The summed E-state index contributed by atoms with van der Waals surface area (Å²) in [5.41, 5.74) is -0.340. The van der Waals surface area contributed by atoms with Gasteiger partial charge in [0.15, 0.2) is 0 Å². The first-order chi connectivity index (χ1) is 19.7. The number of anilines is 1. The van der Waals surface area contributed by atoms with Crippen molar-refractivity contribution in [2.75, 3.05) is 30.8 Å². The number of likely N-dealkylation sites (N-methyl/N-ethyl adjacent to an activating group) is 1. The number of rotatable bonds is 12. The van der Waals surface area contributed by atoms with Crippen molar-refractivity contribution in [3.8, 4) is 5.75 Å². The summed E-state index contributed by atoms with van der Waals surface area (Å²) < 4.78 is 72.0. The Balaban J connectivity index is 2.11. The van der Waals surface area contributed by atoms with E-state index in [1.807, 2.05) is 0 Å². The van der Waals surface area contributed by atoms with Crippen LogP contribution in [0.1, 0.15) is 23.6 Å². The highest BCUT2D eigenvalue weighted by Crippen LogP contribution is 2.36. The molecule has 3 aromatic carbocycles. The quantitative estimate of drug-likeness (QED) is 0.309. The summed E-state index contributed by atoms with van der Waals surface area (Å²) >= 11 is 6.16. The number of carbonyl (C=O) groups is 2. The molecule has 0 saturated heterocycles. The minimum atomic E-state index is -4.79. The van der Waals surface area contributed by atoms with Crippen LogP contribution in [0.4, 0.5) is 18.9 Å². The van der Waals surface area contributed by atoms with E-state index in [2.05, 4.69) is 5.32 Å². The second-order valence-electron chi connectivity index (χ2n) is 9.41. The van der Waals surface area contributed by atoms with Crippen molar-refractivity contribution in [3.63, 3.8) is 0 Å². The molecule has 0 unspecified atom stereocenters. The third-order valence-corrected chi connectivity index (χ3v) is 7.78. The second-order valence-corrected chi connectivity index (χ2v) is 11.7. The van der Waals surface area contributed by atoms with Gasteiger partial charge in [0.05, 0.1) is 29.6 Å². The fourth-order valence-corrected chi connectivity index (χ4v) is 5.41. The topological polar surface area (TPSA) is 96.0 Å². The van der Waals surface area contributed by atoms with Crippen LogP contribution in [0.25, 0.3) is 0 Å². The minimum absolute atomic E-state index is 0.0889. The van der Waals surface area contributed by atoms with Crippen LogP contribution in [0.3, 0.4) is 0 Å². The van der Waals surface area contributed by atoms with Crippen LogP contribution >= 0.6 is 11.6 Å². The van der Waals surface area contributed by atoms with E-state index < -0.39 is 51.9 Å².